The maximum Gasteiger partial charge on any atom is 0.251 e. The van der Waals surface area contributed by atoms with E-state index in [9.17, 15) is 4.79 Å². The number of hydrogen-bond donors (Lipinski definition) is 1. The van der Waals surface area contributed by atoms with Crippen molar-refractivity contribution in [3.8, 4) is 0 Å². The van der Waals surface area contributed by atoms with Crippen LogP contribution >= 0.6 is 0 Å². The molecule has 1 aromatic carbocycles. The molecule has 1 aliphatic rings. The highest BCUT2D eigenvalue weighted by molar-refractivity contribution is 5.94. The molecule has 0 aliphatic heterocycles. The first-order valence-corrected chi connectivity index (χ1v) is 9.24. The molecular weight excluding hydrogens is 342 g/mol. The van der Waals surface area contributed by atoms with Gasteiger partial charge in [0.1, 0.15) is 6.04 Å². The van der Waals surface area contributed by atoms with E-state index in [2.05, 4.69) is 20.6 Å². The van der Waals surface area contributed by atoms with Gasteiger partial charge in [-0.3, -0.25) is 9.48 Å². The lowest BCUT2D eigenvalue weighted by molar-refractivity contribution is 0.0932. The van der Waals surface area contributed by atoms with Gasteiger partial charge in [-0.05, 0) is 57.4 Å². The lowest BCUT2D eigenvalue weighted by Gasteiger charge is -2.11. The summed E-state index contributed by atoms with van der Waals surface area (Å²) in [7, 11) is 0. The quantitative estimate of drug-likeness (QED) is 0.724. The second kappa shape index (κ2) is 6.98. The molecule has 2 heterocycles. The minimum Gasteiger partial charge on any atom is -0.341 e. The van der Waals surface area contributed by atoms with Gasteiger partial charge in [0.05, 0.1) is 12.2 Å². The first-order chi connectivity index (χ1) is 13.0. The molecule has 140 valence electrons. The Bertz CT molecular complexity index is 970. The average Bonchev–Trinajstić information content (AvgIpc) is 3.28. The fourth-order valence-electron chi connectivity index (χ4n) is 3.09. The van der Waals surface area contributed by atoms with Crippen LogP contribution in [0.4, 0.5) is 0 Å². The van der Waals surface area contributed by atoms with Crippen LogP contribution in [0.15, 0.2) is 34.9 Å². The Balaban J connectivity index is 1.44. The van der Waals surface area contributed by atoms with Crippen LogP contribution in [-0.4, -0.2) is 25.8 Å². The van der Waals surface area contributed by atoms with Crippen molar-refractivity contribution in [3.63, 3.8) is 0 Å². The van der Waals surface area contributed by atoms with Crippen molar-refractivity contribution in [3.05, 3.63) is 64.6 Å². The lowest BCUT2D eigenvalue weighted by atomic mass is 10.1. The van der Waals surface area contributed by atoms with Gasteiger partial charge in [-0.15, -0.1) is 0 Å². The van der Waals surface area contributed by atoms with Crippen LogP contribution in [0.5, 0.6) is 0 Å². The zero-order valence-electron chi connectivity index (χ0n) is 15.8. The van der Waals surface area contributed by atoms with Crippen molar-refractivity contribution in [2.45, 2.75) is 52.1 Å². The third-order valence-corrected chi connectivity index (χ3v) is 4.74. The van der Waals surface area contributed by atoms with Gasteiger partial charge in [0, 0.05) is 17.2 Å². The molecule has 3 aromatic rings. The van der Waals surface area contributed by atoms with E-state index in [0.29, 0.717) is 23.9 Å². The SMILES string of the molecule is Cc1cc(C)n(Cc2cccc(C(=O)N[C@@H](C)c3nc(C4CC4)no3)c2)n1. The smallest absolute Gasteiger partial charge is 0.251 e. The Morgan fingerprint density at radius 3 is 2.85 bits per heavy atom. The van der Waals surface area contributed by atoms with E-state index >= 15 is 0 Å². The number of carbonyl (C=O) groups excluding carboxylic acids is 1. The van der Waals surface area contributed by atoms with Crippen LogP contribution in [0, 0.1) is 13.8 Å². The molecule has 4 rings (SSSR count). The molecule has 0 spiro atoms. The third kappa shape index (κ3) is 3.92. The fourth-order valence-corrected chi connectivity index (χ4v) is 3.09. The highest BCUT2D eigenvalue weighted by Crippen LogP contribution is 2.38. The number of nitrogens with one attached hydrogen (secondary N) is 1. The van der Waals surface area contributed by atoms with E-state index in [4.69, 9.17) is 4.52 Å². The largest absolute Gasteiger partial charge is 0.341 e. The van der Waals surface area contributed by atoms with Crippen LogP contribution in [0.1, 0.15) is 70.7 Å². The Morgan fingerprint density at radius 1 is 1.33 bits per heavy atom. The number of nitrogens with zero attached hydrogens (tertiary/aromatic N) is 4. The standard InChI is InChI=1S/C20H23N5O2/c1-12-9-13(2)25(23-12)11-15-5-4-6-17(10-15)19(26)21-14(3)20-22-18(24-27-20)16-7-8-16/h4-6,9-10,14,16H,7-8,11H2,1-3H3,(H,21,26)/t14-/m0/s1. The van der Waals surface area contributed by atoms with Crippen molar-refractivity contribution >= 4 is 5.91 Å². The molecule has 0 saturated heterocycles. The summed E-state index contributed by atoms with van der Waals surface area (Å²) < 4.78 is 7.23. The Hall–Kier alpha value is -2.96. The maximum atomic E-state index is 12.6. The monoisotopic (exact) mass is 365 g/mol. The molecule has 0 unspecified atom stereocenters. The fraction of sp³-hybridized carbons (Fsp3) is 0.400. The highest BCUT2D eigenvalue weighted by Gasteiger charge is 2.29. The highest BCUT2D eigenvalue weighted by atomic mass is 16.5. The first kappa shape index (κ1) is 17.5. The number of aryl methyl sites for hydroxylation is 2. The number of rotatable bonds is 6. The van der Waals surface area contributed by atoms with Crippen molar-refractivity contribution in [1.82, 2.24) is 25.2 Å². The van der Waals surface area contributed by atoms with Gasteiger partial charge in [-0.2, -0.15) is 10.1 Å². The molecule has 0 bridgehead atoms. The van der Waals surface area contributed by atoms with Gasteiger partial charge in [0.2, 0.25) is 5.89 Å². The second-order valence-electron chi connectivity index (χ2n) is 7.25. The molecule has 7 nitrogen and oxygen atoms in total. The topological polar surface area (TPSA) is 85.8 Å². The van der Waals surface area contributed by atoms with Gasteiger partial charge in [0.25, 0.3) is 5.91 Å². The van der Waals surface area contributed by atoms with Gasteiger partial charge in [-0.1, -0.05) is 17.3 Å². The molecule has 1 saturated carbocycles. The number of benzene rings is 1. The predicted octanol–water partition coefficient (Wildman–Crippen LogP) is 3.30. The summed E-state index contributed by atoms with van der Waals surface area (Å²) >= 11 is 0. The van der Waals surface area contributed by atoms with Crippen LogP contribution < -0.4 is 5.32 Å². The molecule has 1 fully saturated rings. The minimum absolute atomic E-state index is 0.163. The number of hydrogen-bond acceptors (Lipinski definition) is 5. The summed E-state index contributed by atoms with van der Waals surface area (Å²) in [5.41, 5.74) is 3.71. The Labute approximate surface area is 157 Å². The first-order valence-electron chi connectivity index (χ1n) is 9.24. The van der Waals surface area contributed by atoms with E-state index < -0.39 is 0 Å². The van der Waals surface area contributed by atoms with Crippen molar-refractivity contribution in [2.75, 3.05) is 0 Å². The van der Waals surface area contributed by atoms with Crippen LogP contribution in [0.3, 0.4) is 0 Å². The molecule has 1 atom stereocenters. The summed E-state index contributed by atoms with van der Waals surface area (Å²) in [4.78, 5) is 17.0. The number of aromatic nitrogens is 4. The summed E-state index contributed by atoms with van der Waals surface area (Å²) in [6.07, 6.45) is 2.23. The van der Waals surface area contributed by atoms with Crippen LogP contribution in [0.2, 0.25) is 0 Å². The van der Waals surface area contributed by atoms with Gasteiger partial charge >= 0.3 is 0 Å². The molecular formula is C20H23N5O2. The van der Waals surface area contributed by atoms with Crippen molar-refractivity contribution < 1.29 is 9.32 Å². The summed E-state index contributed by atoms with van der Waals surface area (Å²) in [6.45, 7) is 6.48. The molecule has 7 heteroatoms. The van der Waals surface area contributed by atoms with Gasteiger partial charge in [0.15, 0.2) is 5.82 Å². The predicted molar refractivity (Wildman–Crippen MR) is 99.4 cm³/mol. The van der Waals surface area contributed by atoms with E-state index in [0.717, 1.165) is 35.6 Å². The normalized spacial score (nSPS) is 14.9. The van der Waals surface area contributed by atoms with Gasteiger partial charge in [-0.25, -0.2) is 0 Å². The van der Waals surface area contributed by atoms with E-state index in [1.165, 1.54) is 0 Å². The zero-order chi connectivity index (χ0) is 19.0. The van der Waals surface area contributed by atoms with E-state index in [-0.39, 0.29) is 11.9 Å². The van der Waals surface area contributed by atoms with E-state index in [1.807, 2.05) is 49.7 Å². The Morgan fingerprint density at radius 2 is 2.15 bits per heavy atom. The summed E-state index contributed by atoms with van der Waals surface area (Å²) in [5.74, 6) is 1.46. The third-order valence-electron chi connectivity index (χ3n) is 4.74. The molecule has 1 N–H and O–H groups in total. The molecule has 27 heavy (non-hydrogen) atoms. The summed E-state index contributed by atoms with van der Waals surface area (Å²) in [5, 5.41) is 11.4. The van der Waals surface area contributed by atoms with Crippen molar-refractivity contribution in [2.24, 2.45) is 0 Å². The van der Waals surface area contributed by atoms with Crippen LogP contribution in [0.25, 0.3) is 0 Å². The van der Waals surface area contributed by atoms with E-state index in [1.54, 1.807) is 6.07 Å². The molecule has 2 aromatic heterocycles. The zero-order valence-corrected chi connectivity index (χ0v) is 15.8. The lowest BCUT2D eigenvalue weighted by Crippen LogP contribution is -2.27. The van der Waals surface area contributed by atoms with Gasteiger partial charge < -0.3 is 9.84 Å². The second-order valence-corrected chi connectivity index (χ2v) is 7.25. The number of amides is 1. The minimum atomic E-state index is -0.336. The molecule has 1 aliphatic carbocycles. The number of carbonyl (C=O) groups is 1. The van der Waals surface area contributed by atoms with Crippen LogP contribution in [-0.2, 0) is 6.54 Å². The maximum absolute atomic E-state index is 12.6. The summed E-state index contributed by atoms with van der Waals surface area (Å²) in [6, 6.07) is 9.28. The average molecular weight is 365 g/mol. The molecule has 0 radical (unpaired) electrons. The Kier molecular flexibility index (Phi) is 4.51. The molecule has 1 amide bonds. The van der Waals surface area contributed by atoms with Crippen molar-refractivity contribution in [1.29, 1.82) is 0 Å².